The average molecular weight is 160 g/mol. The maximum Gasteiger partial charge on any atom is 0.333 e. The fourth-order valence-corrected chi connectivity index (χ4v) is 0.911. The van der Waals surface area contributed by atoms with Crippen LogP contribution in [0.4, 0.5) is 0 Å². The molecule has 0 unspecified atom stereocenters. The molecule has 1 heterocycles. The molecule has 1 radical (unpaired) electrons. The monoisotopic (exact) mass is 160 g/mol. The standard InChI is InChI=1S/C8H6N3O/c12-8-9-6-11(10-8)7-4-2-1-3-5-7/h1-5H,(H,10,12). The fraction of sp³-hybridized carbons (Fsp3) is 0. The van der Waals surface area contributed by atoms with Crippen LogP contribution in [0.25, 0.3) is 5.69 Å². The summed E-state index contributed by atoms with van der Waals surface area (Å²) in [6.07, 6.45) is 2.53. The first kappa shape index (κ1) is 6.84. The van der Waals surface area contributed by atoms with Gasteiger partial charge in [0.15, 0.2) is 0 Å². The van der Waals surface area contributed by atoms with Gasteiger partial charge in [-0.15, -0.1) is 5.10 Å². The van der Waals surface area contributed by atoms with E-state index in [1.807, 2.05) is 30.3 Å². The molecule has 4 nitrogen and oxygen atoms in total. The second-order valence-electron chi connectivity index (χ2n) is 2.26. The molecular formula is C8H6N3O. The van der Waals surface area contributed by atoms with Gasteiger partial charge >= 0.3 is 6.01 Å². The van der Waals surface area contributed by atoms with Crippen LogP contribution in [0.5, 0.6) is 6.01 Å². The molecule has 0 aliphatic rings. The van der Waals surface area contributed by atoms with E-state index < -0.39 is 0 Å². The minimum absolute atomic E-state index is 0.265. The van der Waals surface area contributed by atoms with E-state index in [4.69, 9.17) is 5.11 Å². The van der Waals surface area contributed by atoms with Crippen LogP contribution >= 0.6 is 0 Å². The smallest absolute Gasteiger partial charge is 0.333 e. The molecule has 2 aromatic rings. The van der Waals surface area contributed by atoms with Crippen molar-refractivity contribution >= 4 is 0 Å². The van der Waals surface area contributed by atoms with Gasteiger partial charge in [-0.1, -0.05) is 18.2 Å². The molecule has 0 atom stereocenters. The normalized spacial score (nSPS) is 10.0. The molecule has 0 amide bonds. The quantitative estimate of drug-likeness (QED) is 0.670. The predicted octanol–water partition coefficient (Wildman–Crippen LogP) is 0.773. The van der Waals surface area contributed by atoms with E-state index in [1.54, 1.807) is 0 Å². The number of hydrogen-bond donors (Lipinski definition) is 1. The lowest BCUT2D eigenvalue weighted by Crippen LogP contribution is -1.93. The van der Waals surface area contributed by atoms with Gasteiger partial charge < -0.3 is 5.11 Å². The van der Waals surface area contributed by atoms with Crippen LogP contribution < -0.4 is 0 Å². The Morgan fingerprint density at radius 3 is 2.58 bits per heavy atom. The van der Waals surface area contributed by atoms with Crippen molar-refractivity contribution in [1.82, 2.24) is 14.8 Å². The van der Waals surface area contributed by atoms with Gasteiger partial charge in [0, 0.05) is 0 Å². The maximum atomic E-state index is 8.84. The third-order valence-electron chi connectivity index (χ3n) is 1.43. The minimum atomic E-state index is -0.265. The molecule has 1 N–H and O–H groups in total. The first-order valence-corrected chi connectivity index (χ1v) is 3.45. The van der Waals surface area contributed by atoms with Gasteiger partial charge in [-0.3, -0.25) is 0 Å². The number of hydrogen-bond acceptors (Lipinski definition) is 3. The summed E-state index contributed by atoms with van der Waals surface area (Å²) in [7, 11) is 0. The van der Waals surface area contributed by atoms with Crippen LogP contribution in [0, 0.1) is 6.33 Å². The summed E-state index contributed by atoms with van der Waals surface area (Å²) < 4.78 is 1.38. The highest BCUT2D eigenvalue weighted by atomic mass is 16.3. The number of benzene rings is 1. The van der Waals surface area contributed by atoms with Gasteiger partial charge in [-0.05, 0) is 12.1 Å². The lowest BCUT2D eigenvalue weighted by atomic mass is 10.3. The zero-order valence-electron chi connectivity index (χ0n) is 6.18. The lowest BCUT2D eigenvalue weighted by Gasteiger charge is -1.95. The molecule has 59 valence electrons. The Bertz CT molecular complexity index is 369. The van der Waals surface area contributed by atoms with Gasteiger partial charge in [-0.2, -0.15) is 4.98 Å². The van der Waals surface area contributed by atoms with Gasteiger partial charge in [0.05, 0.1) is 5.69 Å². The molecule has 1 aromatic carbocycles. The van der Waals surface area contributed by atoms with Crippen LogP contribution in [0.15, 0.2) is 30.3 Å². The predicted molar refractivity (Wildman–Crippen MR) is 41.9 cm³/mol. The van der Waals surface area contributed by atoms with Crippen LogP contribution in [0.1, 0.15) is 0 Å². The minimum Gasteiger partial charge on any atom is -0.478 e. The van der Waals surface area contributed by atoms with Crippen molar-refractivity contribution in [1.29, 1.82) is 0 Å². The highest BCUT2D eigenvalue weighted by molar-refractivity contribution is 5.29. The van der Waals surface area contributed by atoms with Crippen LogP contribution in [0.2, 0.25) is 0 Å². The Hall–Kier alpha value is -1.84. The molecule has 0 spiro atoms. The van der Waals surface area contributed by atoms with E-state index >= 15 is 0 Å². The van der Waals surface area contributed by atoms with Gasteiger partial charge in [-0.25, -0.2) is 4.68 Å². The Labute approximate surface area is 69.1 Å². The molecule has 12 heavy (non-hydrogen) atoms. The van der Waals surface area contributed by atoms with Crippen LogP contribution in [0.3, 0.4) is 0 Å². The largest absolute Gasteiger partial charge is 0.478 e. The second kappa shape index (κ2) is 2.65. The molecule has 2 rings (SSSR count). The molecule has 0 bridgehead atoms. The number of aromatic hydroxyl groups is 1. The van der Waals surface area contributed by atoms with Gasteiger partial charge in [0.1, 0.15) is 0 Å². The van der Waals surface area contributed by atoms with Gasteiger partial charge in [0.25, 0.3) is 0 Å². The summed E-state index contributed by atoms with van der Waals surface area (Å²) >= 11 is 0. The Kier molecular flexibility index (Phi) is 1.51. The molecule has 0 saturated heterocycles. The second-order valence-corrected chi connectivity index (χ2v) is 2.26. The summed E-state index contributed by atoms with van der Waals surface area (Å²) in [4.78, 5) is 3.48. The van der Waals surface area contributed by atoms with Gasteiger partial charge in [0.2, 0.25) is 6.33 Å². The van der Waals surface area contributed by atoms with Crippen molar-refractivity contribution in [2.75, 3.05) is 0 Å². The van der Waals surface area contributed by atoms with Crippen molar-refractivity contribution in [3.8, 4) is 11.7 Å². The third kappa shape index (κ3) is 1.14. The topological polar surface area (TPSA) is 50.9 Å². The van der Waals surface area contributed by atoms with Crippen molar-refractivity contribution in [3.05, 3.63) is 36.7 Å². The molecule has 0 aliphatic heterocycles. The molecule has 0 saturated carbocycles. The molecule has 1 aromatic heterocycles. The Balaban J connectivity index is 2.45. The summed E-state index contributed by atoms with van der Waals surface area (Å²) in [5.74, 6) is 0. The summed E-state index contributed by atoms with van der Waals surface area (Å²) in [5, 5.41) is 12.5. The van der Waals surface area contributed by atoms with E-state index in [0.29, 0.717) is 0 Å². The summed E-state index contributed by atoms with van der Waals surface area (Å²) in [5.41, 5.74) is 0.824. The first-order valence-electron chi connectivity index (χ1n) is 3.45. The SMILES string of the molecule is Oc1n[c]n(-c2ccccc2)n1. The maximum absolute atomic E-state index is 8.84. The molecule has 0 aliphatic carbocycles. The van der Waals surface area contributed by atoms with Crippen LogP contribution in [-0.2, 0) is 0 Å². The zero-order chi connectivity index (χ0) is 8.39. The third-order valence-corrected chi connectivity index (χ3v) is 1.43. The van der Waals surface area contributed by atoms with E-state index in [0.717, 1.165) is 5.69 Å². The molecule has 0 fully saturated rings. The van der Waals surface area contributed by atoms with E-state index in [9.17, 15) is 0 Å². The van der Waals surface area contributed by atoms with Crippen molar-refractivity contribution < 1.29 is 5.11 Å². The van der Waals surface area contributed by atoms with E-state index in [-0.39, 0.29) is 6.01 Å². The summed E-state index contributed by atoms with van der Waals surface area (Å²) in [6.45, 7) is 0. The summed E-state index contributed by atoms with van der Waals surface area (Å²) in [6, 6.07) is 9.10. The number of nitrogens with zero attached hydrogens (tertiary/aromatic N) is 3. The van der Waals surface area contributed by atoms with E-state index in [1.165, 1.54) is 4.68 Å². The number of rotatable bonds is 1. The van der Waals surface area contributed by atoms with Crippen LogP contribution in [-0.4, -0.2) is 19.9 Å². The van der Waals surface area contributed by atoms with Crippen molar-refractivity contribution in [3.63, 3.8) is 0 Å². The number of para-hydroxylation sites is 1. The lowest BCUT2D eigenvalue weighted by molar-refractivity contribution is 0.430. The average Bonchev–Trinajstić information content (AvgIpc) is 2.54. The Morgan fingerprint density at radius 2 is 2.00 bits per heavy atom. The number of aromatic nitrogens is 3. The van der Waals surface area contributed by atoms with E-state index in [2.05, 4.69) is 16.4 Å². The Morgan fingerprint density at radius 1 is 1.25 bits per heavy atom. The zero-order valence-corrected chi connectivity index (χ0v) is 6.18. The fourth-order valence-electron chi connectivity index (χ4n) is 0.911. The highest BCUT2D eigenvalue weighted by Gasteiger charge is 1.98. The van der Waals surface area contributed by atoms with Crippen molar-refractivity contribution in [2.45, 2.75) is 0 Å². The highest BCUT2D eigenvalue weighted by Crippen LogP contribution is 2.05. The molecular weight excluding hydrogens is 154 g/mol. The molecule has 4 heteroatoms. The van der Waals surface area contributed by atoms with Crippen molar-refractivity contribution in [2.24, 2.45) is 0 Å². The first-order chi connectivity index (χ1) is 5.86.